The predicted octanol–water partition coefficient (Wildman–Crippen LogP) is 2.53. The number of amides is 1. The number of methoxy groups -OCH3 is 1. The van der Waals surface area contributed by atoms with E-state index in [0.29, 0.717) is 29.7 Å². The largest absolute Gasteiger partial charge is 0.497 e. The van der Waals surface area contributed by atoms with Gasteiger partial charge in [-0.25, -0.2) is 0 Å². The Balaban J connectivity index is 1.39. The summed E-state index contributed by atoms with van der Waals surface area (Å²) in [5.41, 5.74) is 1.98. The van der Waals surface area contributed by atoms with Crippen molar-refractivity contribution in [3.8, 4) is 17.6 Å². The highest BCUT2D eigenvalue weighted by atomic mass is 16.5. The molecule has 4 heterocycles. The maximum atomic E-state index is 14.0. The van der Waals surface area contributed by atoms with Gasteiger partial charge in [-0.1, -0.05) is 0 Å². The van der Waals surface area contributed by atoms with Crippen LogP contribution < -0.4 is 20.1 Å². The molecule has 6 rings (SSSR count). The molecule has 4 aliphatic heterocycles. The average molecular weight is 488 g/mol. The highest BCUT2D eigenvalue weighted by Crippen LogP contribution is 2.55. The van der Waals surface area contributed by atoms with Gasteiger partial charge in [0.05, 0.1) is 25.3 Å². The third-order valence-electron chi connectivity index (χ3n) is 8.42. The minimum absolute atomic E-state index is 0.105. The lowest BCUT2D eigenvalue weighted by Gasteiger charge is -2.65. The van der Waals surface area contributed by atoms with Crippen LogP contribution in [0.15, 0.2) is 36.4 Å². The van der Waals surface area contributed by atoms with Crippen molar-refractivity contribution in [3.63, 3.8) is 0 Å². The normalized spacial score (nSPS) is 25.4. The van der Waals surface area contributed by atoms with Crippen molar-refractivity contribution in [2.24, 2.45) is 5.41 Å². The van der Waals surface area contributed by atoms with Gasteiger partial charge in [-0.3, -0.25) is 14.6 Å². The van der Waals surface area contributed by atoms with Crippen LogP contribution >= 0.6 is 0 Å². The summed E-state index contributed by atoms with van der Waals surface area (Å²) >= 11 is 0. The monoisotopic (exact) mass is 487 g/mol. The van der Waals surface area contributed by atoms with Gasteiger partial charge in [-0.15, -0.1) is 0 Å². The zero-order valence-corrected chi connectivity index (χ0v) is 21.0. The lowest BCUT2D eigenvalue weighted by atomic mass is 9.67. The Bertz CT molecular complexity index is 1220. The number of likely N-dealkylation sites (tertiary alicyclic amines) is 2. The van der Waals surface area contributed by atoms with Crippen molar-refractivity contribution in [2.45, 2.75) is 31.3 Å². The molecule has 1 unspecified atom stereocenters. The van der Waals surface area contributed by atoms with Gasteiger partial charge in [0.2, 0.25) is 0 Å². The van der Waals surface area contributed by atoms with Gasteiger partial charge in [-0.05, 0) is 69.3 Å². The highest BCUT2D eigenvalue weighted by molar-refractivity contribution is 6.09. The Hall–Kier alpha value is -3.12. The second-order valence-corrected chi connectivity index (χ2v) is 10.6. The fraction of sp³-hybridized carbons (Fsp3) is 0.500. The van der Waals surface area contributed by atoms with Gasteiger partial charge in [0.15, 0.2) is 5.54 Å². The molecule has 2 aromatic rings. The molecule has 8 nitrogen and oxygen atoms in total. The van der Waals surface area contributed by atoms with E-state index in [0.717, 1.165) is 56.1 Å². The smallest absolute Gasteiger partial charge is 0.254 e. The molecule has 0 bridgehead atoms. The van der Waals surface area contributed by atoms with Crippen LogP contribution in [-0.2, 0) is 10.3 Å². The van der Waals surface area contributed by atoms with E-state index in [1.54, 1.807) is 13.2 Å². The summed E-state index contributed by atoms with van der Waals surface area (Å²) in [4.78, 5) is 18.9. The molecule has 4 aliphatic rings. The minimum atomic E-state index is -1.08. The highest BCUT2D eigenvalue weighted by Gasteiger charge is 2.63. The van der Waals surface area contributed by atoms with Crippen molar-refractivity contribution in [1.82, 2.24) is 15.1 Å². The van der Waals surface area contributed by atoms with Crippen LogP contribution in [0.5, 0.6) is 11.5 Å². The summed E-state index contributed by atoms with van der Waals surface area (Å²) < 4.78 is 11.6. The second kappa shape index (κ2) is 8.77. The summed E-state index contributed by atoms with van der Waals surface area (Å²) in [6.07, 6.45) is 2.41. The maximum Gasteiger partial charge on any atom is 0.254 e. The van der Waals surface area contributed by atoms with Gasteiger partial charge < -0.3 is 20.1 Å². The van der Waals surface area contributed by atoms with Crippen molar-refractivity contribution in [3.05, 3.63) is 53.1 Å². The molecule has 1 atom stereocenters. The molecular formula is C28H33N5O3. The van der Waals surface area contributed by atoms with Crippen LogP contribution in [-0.4, -0.2) is 74.7 Å². The van der Waals surface area contributed by atoms with Crippen LogP contribution in [0.1, 0.15) is 36.5 Å². The van der Waals surface area contributed by atoms with E-state index in [-0.39, 0.29) is 11.3 Å². The van der Waals surface area contributed by atoms with Crippen LogP contribution in [0.4, 0.5) is 5.69 Å². The number of piperidine rings is 1. The Labute approximate surface area is 212 Å². The van der Waals surface area contributed by atoms with E-state index in [1.807, 2.05) is 37.3 Å². The number of ether oxygens (including phenoxy) is 2. The van der Waals surface area contributed by atoms with Gasteiger partial charge in [-0.2, -0.15) is 5.26 Å². The summed E-state index contributed by atoms with van der Waals surface area (Å²) in [7, 11) is 1.63. The lowest BCUT2D eigenvalue weighted by Crippen LogP contribution is -2.77. The van der Waals surface area contributed by atoms with E-state index in [4.69, 9.17) is 9.47 Å². The number of benzene rings is 2. The minimum Gasteiger partial charge on any atom is -0.497 e. The third-order valence-corrected chi connectivity index (χ3v) is 8.42. The summed E-state index contributed by atoms with van der Waals surface area (Å²) in [6.45, 7) is 8.41. The summed E-state index contributed by atoms with van der Waals surface area (Å²) in [6, 6.07) is 14.0. The fourth-order valence-corrected chi connectivity index (χ4v) is 6.76. The number of carbonyl (C=O) groups excluding carboxylic acids is 1. The SMILES string of the molecule is CCOc1ccc(OC)cc1C1(N2CC3(CN(C4CCNCC4)C3)C2)C(=O)Nc2ccc(C#N)cc21. The van der Waals surface area contributed by atoms with Gasteiger partial charge in [0, 0.05) is 54.5 Å². The first kappa shape index (κ1) is 23.3. The predicted molar refractivity (Wildman–Crippen MR) is 136 cm³/mol. The molecule has 3 saturated heterocycles. The molecule has 0 radical (unpaired) electrons. The standard InChI is InChI=1S/C28H33N5O3/c1-3-36-25-7-5-21(35-2)13-23(25)28(22-12-19(14-29)4-6-24(22)31-26(28)34)33-17-27(18-33)15-32(16-27)20-8-10-30-11-9-20/h4-7,12-13,20,30H,3,8-11,15-18H2,1-2H3,(H,31,34). The Morgan fingerprint density at radius 1 is 1.08 bits per heavy atom. The molecule has 3 fully saturated rings. The number of anilines is 1. The molecule has 36 heavy (non-hydrogen) atoms. The van der Waals surface area contributed by atoms with Crippen molar-refractivity contribution in [1.29, 1.82) is 5.26 Å². The fourth-order valence-electron chi connectivity index (χ4n) is 6.76. The maximum absolute atomic E-state index is 14.0. The Morgan fingerprint density at radius 3 is 2.56 bits per heavy atom. The number of rotatable bonds is 6. The number of hydrogen-bond donors (Lipinski definition) is 2. The Morgan fingerprint density at radius 2 is 1.86 bits per heavy atom. The van der Waals surface area contributed by atoms with Gasteiger partial charge >= 0.3 is 0 Å². The van der Waals surface area contributed by atoms with E-state index in [2.05, 4.69) is 26.5 Å². The zero-order valence-electron chi connectivity index (χ0n) is 21.0. The van der Waals surface area contributed by atoms with Crippen LogP contribution in [0.2, 0.25) is 0 Å². The number of fused-ring (bicyclic) bond motifs is 1. The quantitative estimate of drug-likeness (QED) is 0.647. The number of carbonyl (C=O) groups is 1. The van der Waals surface area contributed by atoms with Crippen molar-refractivity contribution in [2.75, 3.05) is 58.3 Å². The molecule has 2 N–H and O–H groups in total. The molecular weight excluding hydrogens is 454 g/mol. The van der Waals surface area contributed by atoms with Gasteiger partial charge in [0.25, 0.3) is 5.91 Å². The average Bonchev–Trinajstić information content (AvgIpc) is 3.15. The summed E-state index contributed by atoms with van der Waals surface area (Å²) in [5.74, 6) is 1.22. The molecule has 0 aromatic heterocycles. The van der Waals surface area contributed by atoms with Crippen molar-refractivity contribution < 1.29 is 14.3 Å². The van der Waals surface area contributed by atoms with E-state index in [9.17, 15) is 10.1 Å². The molecule has 188 valence electrons. The number of nitrogens with one attached hydrogen (secondary N) is 2. The van der Waals surface area contributed by atoms with Crippen LogP contribution in [0.3, 0.4) is 0 Å². The number of nitrogens with zero attached hydrogens (tertiary/aromatic N) is 3. The van der Waals surface area contributed by atoms with Crippen molar-refractivity contribution >= 4 is 11.6 Å². The molecule has 2 aromatic carbocycles. The first-order chi connectivity index (χ1) is 17.5. The number of hydrogen-bond acceptors (Lipinski definition) is 7. The van der Waals surface area contributed by atoms with E-state index >= 15 is 0 Å². The molecule has 1 spiro atoms. The van der Waals surface area contributed by atoms with Crippen LogP contribution in [0.25, 0.3) is 0 Å². The topological polar surface area (TPSA) is 89.9 Å². The molecule has 1 amide bonds. The first-order valence-corrected chi connectivity index (χ1v) is 12.9. The van der Waals surface area contributed by atoms with E-state index < -0.39 is 5.54 Å². The van der Waals surface area contributed by atoms with Crippen LogP contribution in [0, 0.1) is 16.7 Å². The van der Waals surface area contributed by atoms with Gasteiger partial charge in [0.1, 0.15) is 11.5 Å². The third kappa shape index (κ3) is 3.41. The summed E-state index contributed by atoms with van der Waals surface area (Å²) in [5, 5.41) is 16.2. The molecule has 0 aliphatic carbocycles. The second-order valence-electron chi connectivity index (χ2n) is 10.6. The molecule has 8 heteroatoms. The first-order valence-electron chi connectivity index (χ1n) is 12.9. The Kier molecular flexibility index (Phi) is 5.67. The lowest BCUT2D eigenvalue weighted by molar-refractivity contribution is -0.168. The van der Waals surface area contributed by atoms with E-state index in [1.165, 1.54) is 12.8 Å². The number of nitriles is 1. The zero-order chi connectivity index (χ0) is 24.9. The molecule has 0 saturated carbocycles.